The largest absolute Gasteiger partial charge is 0.356 e. The highest BCUT2D eigenvalue weighted by Gasteiger charge is 2.42. The van der Waals surface area contributed by atoms with Crippen LogP contribution in [0.4, 0.5) is 5.82 Å². The Morgan fingerprint density at radius 2 is 2.08 bits per heavy atom. The quantitative estimate of drug-likeness (QED) is 0.809. The molecule has 142 valence electrons. The van der Waals surface area contributed by atoms with Gasteiger partial charge >= 0.3 is 0 Å². The number of carbonyl (C=O) groups excluding carboxylic acids is 1. The van der Waals surface area contributed by atoms with Gasteiger partial charge in [0.05, 0.1) is 0 Å². The van der Waals surface area contributed by atoms with Crippen molar-refractivity contribution < 1.29 is 4.79 Å². The van der Waals surface area contributed by atoms with Gasteiger partial charge in [0.2, 0.25) is 5.91 Å². The first-order valence-electron chi connectivity index (χ1n) is 10.4. The van der Waals surface area contributed by atoms with Crippen LogP contribution in [0.25, 0.3) is 0 Å². The molecule has 5 heteroatoms. The Morgan fingerprint density at radius 1 is 1.23 bits per heavy atom. The van der Waals surface area contributed by atoms with Crippen molar-refractivity contribution in [2.45, 2.75) is 64.7 Å². The van der Waals surface area contributed by atoms with Crippen LogP contribution >= 0.6 is 0 Å². The van der Waals surface area contributed by atoms with Gasteiger partial charge in [-0.25, -0.2) is 9.97 Å². The molecular weight excluding hydrogens is 324 g/mol. The second-order valence-electron chi connectivity index (χ2n) is 9.10. The Bertz CT molecular complexity index is 657. The standard InChI is InChI=1S/C21H32N4O/c1-16(2)7-11-25-14-21(9-6-20(25)26)8-3-10-24(13-21)19-12-18(17-4-5-17)22-15-23-19/h12,15-17H,3-11,13-14H2,1-2H3/t21-/m1/s1. The maximum atomic E-state index is 12.4. The first-order valence-corrected chi connectivity index (χ1v) is 10.4. The fourth-order valence-electron chi connectivity index (χ4n) is 4.59. The van der Waals surface area contributed by atoms with Crippen LogP contribution in [0.1, 0.15) is 70.4 Å². The van der Waals surface area contributed by atoms with Gasteiger partial charge in [-0.15, -0.1) is 0 Å². The van der Waals surface area contributed by atoms with Crippen LogP contribution in [-0.2, 0) is 4.79 Å². The highest BCUT2D eigenvalue weighted by molar-refractivity contribution is 5.77. The van der Waals surface area contributed by atoms with E-state index in [9.17, 15) is 4.79 Å². The third kappa shape index (κ3) is 3.86. The minimum Gasteiger partial charge on any atom is -0.356 e. The first kappa shape index (κ1) is 17.7. The van der Waals surface area contributed by atoms with E-state index in [2.05, 4.69) is 39.7 Å². The van der Waals surface area contributed by atoms with Crippen LogP contribution in [0.15, 0.2) is 12.4 Å². The van der Waals surface area contributed by atoms with Gasteiger partial charge in [-0.05, 0) is 44.4 Å². The molecule has 1 spiro atoms. The zero-order valence-corrected chi connectivity index (χ0v) is 16.3. The van der Waals surface area contributed by atoms with E-state index in [4.69, 9.17) is 0 Å². The summed E-state index contributed by atoms with van der Waals surface area (Å²) >= 11 is 0. The molecule has 4 rings (SSSR count). The summed E-state index contributed by atoms with van der Waals surface area (Å²) in [5.74, 6) is 2.75. The van der Waals surface area contributed by atoms with E-state index >= 15 is 0 Å². The number of aromatic nitrogens is 2. The van der Waals surface area contributed by atoms with Crippen LogP contribution in [0.3, 0.4) is 0 Å². The highest BCUT2D eigenvalue weighted by atomic mass is 16.2. The van der Waals surface area contributed by atoms with Crippen molar-refractivity contribution in [1.82, 2.24) is 14.9 Å². The van der Waals surface area contributed by atoms with Crippen molar-refractivity contribution in [3.05, 3.63) is 18.1 Å². The third-order valence-electron chi connectivity index (χ3n) is 6.38. The number of anilines is 1. The smallest absolute Gasteiger partial charge is 0.222 e. The van der Waals surface area contributed by atoms with Crippen LogP contribution in [-0.4, -0.2) is 47.0 Å². The average molecular weight is 357 g/mol. The van der Waals surface area contributed by atoms with Gasteiger partial charge in [0.1, 0.15) is 12.1 Å². The number of hydrogen-bond donors (Lipinski definition) is 0. The molecule has 2 aliphatic heterocycles. The Kier molecular flexibility index (Phi) is 4.89. The van der Waals surface area contributed by atoms with E-state index in [1.54, 1.807) is 6.33 Å². The molecule has 1 amide bonds. The molecule has 3 fully saturated rings. The summed E-state index contributed by atoms with van der Waals surface area (Å²) in [6, 6.07) is 2.21. The molecule has 0 bridgehead atoms. The SMILES string of the molecule is CC(C)CCN1C[C@]2(CCCN(c3cc(C4CC4)ncn3)C2)CCC1=O. The van der Waals surface area contributed by atoms with Gasteiger partial charge in [0, 0.05) is 55.7 Å². The number of amides is 1. The Labute approximate surface area is 157 Å². The first-order chi connectivity index (χ1) is 12.5. The normalized spacial score (nSPS) is 26.8. The van der Waals surface area contributed by atoms with Crippen LogP contribution in [0, 0.1) is 11.3 Å². The van der Waals surface area contributed by atoms with Gasteiger partial charge in [0.15, 0.2) is 0 Å². The number of nitrogens with zero attached hydrogens (tertiary/aromatic N) is 4. The average Bonchev–Trinajstić information content (AvgIpc) is 3.48. The lowest BCUT2D eigenvalue weighted by Gasteiger charge is -2.48. The summed E-state index contributed by atoms with van der Waals surface area (Å²) < 4.78 is 0. The topological polar surface area (TPSA) is 49.3 Å². The maximum Gasteiger partial charge on any atom is 0.222 e. The molecule has 1 aliphatic carbocycles. The van der Waals surface area contributed by atoms with Crippen LogP contribution in [0.2, 0.25) is 0 Å². The van der Waals surface area contributed by atoms with Crippen molar-refractivity contribution >= 4 is 11.7 Å². The molecule has 0 unspecified atom stereocenters. The second kappa shape index (κ2) is 7.16. The van der Waals surface area contributed by atoms with E-state index in [1.807, 2.05) is 0 Å². The number of piperidine rings is 2. The molecule has 0 N–H and O–H groups in total. The number of likely N-dealkylation sites (tertiary alicyclic amines) is 1. The van der Waals surface area contributed by atoms with E-state index in [0.29, 0.717) is 24.2 Å². The van der Waals surface area contributed by atoms with E-state index in [0.717, 1.165) is 44.8 Å². The Morgan fingerprint density at radius 3 is 2.85 bits per heavy atom. The van der Waals surface area contributed by atoms with Crippen molar-refractivity contribution in [3.63, 3.8) is 0 Å². The lowest BCUT2D eigenvalue weighted by atomic mass is 9.73. The summed E-state index contributed by atoms with van der Waals surface area (Å²) in [4.78, 5) is 26.0. The molecule has 2 saturated heterocycles. The number of hydrogen-bond acceptors (Lipinski definition) is 4. The molecule has 0 radical (unpaired) electrons. The fourth-order valence-corrected chi connectivity index (χ4v) is 4.59. The van der Waals surface area contributed by atoms with Gasteiger partial charge in [0.25, 0.3) is 0 Å². The van der Waals surface area contributed by atoms with E-state index < -0.39 is 0 Å². The molecule has 5 nitrogen and oxygen atoms in total. The van der Waals surface area contributed by atoms with Crippen molar-refractivity contribution in [3.8, 4) is 0 Å². The highest BCUT2D eigenvalue weighted by Crippen LogP contribution is 2.42. The van der Waals surface area contributed by atoms with Crippen molar-refractivity contribution in [2.24, 2.45) is 11.3 Å². The van der Waals surface area contributed by atoms with Gasteiger partial charge < -0.3 is 9.80 Å². The van der Waals surface area contributed by atoms with E-state index in [1.165, 1.54) is 31.4 Å². The Hall–Kier alpha value is -1.65. The van der Waals surface area contributed by atoms with Crippen molar-refractivity contribution in [2.75, 3.05) is 31.1 Å². The molecule has 1 saturated carbocycles. The summed E-state index contributed by atoms with van der Waals surface area (Å²) in [7, 11) is 0. The summed E-state index contributed by atoms with van der Waals surface area (Å²) in [6.45, 7) is 8.41. The lowest BCUT2D eigenvalue weighted by molar-refractivity contribution is -0.138. The predicted octanol–water partition coefficient (Wildman–Crippen LogP) is 3.61. The summed E-state index contributed by atoms with van der Waals surface area (Å²) in [5, 5.41) is 0. The monoisotopic (exact) mass is 356 g/mol. The summed E-state index contributed by atoms with van der Waals surface area (Å²) in [6.07, 6.45) is 9.54. The van der Waals surface area contributed by atoms with Crippen molar-refractivity contribution in [1.29, 1.82) is 0 Å². The zero-order chi connectivity index (χ0) is 18.1. The van der Waals surface area contributed by atoms with Crippen LogP contribution < -0.4 is 4.90 Å². The summed E-state index contributed by atoms with van der Waals surface area (Å²) in [5.41, 5.74) is 1.46. The molecule has 3 heterocycles. The molecular formula is C21H32N4O. The molecule has 1 atom stereocenters. The predicted molar refractivity (Wildman–Crippen MR) is 103 cm³/mol. The maximum absolute atomic E-state index is 12.4. The lowest BCUT2D eigenvalue weighted by Crippen LogP contribution is -2.54. The minimum absolute atomic E-state index is 0.244. The Balaban J connectivity index is 1.46. The number of carbonyl (C=O) groups is 1. The minimum atomic E-state index is 0.244. The second-order valence-corrected chi connectivity index (χ2v) is 9.10. The van der Waals surface area contributed by atoms with Gasteiger partial charge in [-0.3, -0.25) is 4.79 Å². The number of rotatable bonds is 5. The zero-order valence-electron chi connectivity index (χ0n) is 16.3. The molecule has 1 aromatic heterocycles. The molecule has 0 aromatic carbocycles. The molecule has 1 aromatic rings. The van der Waals surface area contributed by atoms with Gasteiger partial charge in [-0.1, -0.05) is 13.8 Å². The van der Waals surface area contributed by atoms with Gasteiger partial charge in [-0.2, -0.15) is 0 Å². The molecule has 26 heavy (non-hydrogen) atoms. The van der Waals surface area contributed by atoms with Crippen LogP contribution in [0.5, 0.6) is 0 Å². The molecule has 3 aliphatic rings. The third-order valence-corrected chi connectivity index (χ3v) is 6.38. The van der Waals surface area contributed by atoms with E-state index in [-0.39, 0.29) is 5.41 Å². The fraction of sp³-hybridized carbons (Fsp3) is 0.762.